The van der Waals surface area contributed by atoms with E-state index in [-0.39, 0.29) is 53.2 Å². The average Bonchev–Trinajstić information content (AvgIpc) is 3.14. The first-order valence-electron chi connectivity index (χ1n) is 14.3. The third-order valence-electron chi connectivity index (χ3n) is 7.04. The molecule has 4 aromatic rings. The topological polar surface area (TPSA) is 158 Å². The van der Waals surface area contributed by atoms with Crippen LogP contribution in [0.3, 0.4) is 0 Å². The molecule has 0 fully saturated rings. The number of methoxy groups -OCH3 is 3. The number of benzene rings is 4. The summed E-state index contributed by atoms with van der Waals surface area (Å²) in [6.07, 6.45) is 0. The Morgan fingerprint density at radius 2 is 0.750 bits per heavy atom. The zero-order valence-electron chi connectivity index (χ0n) is 26.2. The van der Waals surface area contributed by atoms with Crippen molar-refractivity contribution in [2.45, 2.75) is 19.8 Å². The molecule has 0 N–H and O–H groups in total. The van der Waals surface area contributed by atoms with Crippen molar-refractivity contribution in [1.29, 1.82) is 0 Å². The molecule has 0 saturated carbocycles. The first-order valence-corrected chi connectivity index (χ1v) is 14.3. The van der Waals surface area contributed by atoms with Crippen molar-refractivity contribution in [3.63, 3.8) is 0 Å². The van der Waals surface area contributed by atoms with Gasteiger partial charge in [-0.1, -0.05) is 54.6 Å². The number of hydrogen-bond acceptors (Lipinski definition) is 12. The second kappa shape index (κ2) is 16.3. The van der Waals surface area contributed by atoms with E-state index in [1.165, 1.54) is 51.7 Å². The summed E-state index contributed by atoms with van der Waals surface area (Å²) in [5, 5.41) is 0. The maximum absolute atomic E-state index is 13.4. The fourth-order valence-corrected chi connectivity index (χ4v) is 4.55. The Bertz CT molecular complexity index is 1860. The molecule has 0 saturated heterocycles. The van der Waals surface area contributed by atoms with Crippen LogP contribution >= 0.6 is 0 Å². The molecule has 0 radical (unpaired) electrons. The SMILES string of the molecule is COC(=O)c1ccccc1COC(=O)c1ccc(C(=O)OCc2ccccc2C(=O)OC)c(C(=O)OCc2ccccc2C(=O)OC)c1. The van der Waals surface area contributed by atoms with E-state index in [1.807, 2.05) is 0 Å². The fraction of sp³-hybridized carbons (Fsp3) is 0.167. The molecular weight excluding hydrogens is 624 g/mol. The van der Waals surface area contributed by atoms with Gasteiger partial charge in [0.15, 0.2) is 0 Å². The molecule has 0 aromatic heterocycles. The van der Waals surface area contributed by atoms with Gasteiger partial charge < -0.3 is 28.4 Å². The van der Waals surface area contributed by atoms with E-state index >= 15 is 0 Å². The highest BCUT2D eigenvalue weighted by Gasteiger charge is 2.24. The van der Waals surface area contributed by atoms with Crippen molar-refractivity contribution in [2.24, 2.45) is 0 Å². The van der Waals surface area contributed by atoms with Crippen LogP contribution in [0, 0.1) is 0 Å². The first-order chi connectivity index (χ1) is 23.2. The van der Waals surface area contributed by atoms with Crippen LogP contribution < -0.4 is 0 Å². The molecule has 0 aliphatic heterocycles. The van der Waals surface area contributed by atoms with Crippen molar-refractivity contribution in [3.05, 3.63) is 141 Å². The largest absolute Gasteiger partial charge is 0.465 e. The molecule has 12 heteroatoms. The zero-order chi connectivity index (χ0) is 34.6. The molecule has 0 bridgehead atoms. The van der Waals surface area contributed by atoms with E-state index in [1.54, 1.807) is 54.6 Å². The van der Waals surface area contributed by atoms with Crippen LogP contribution in [0.5, 0.6) is 0 Å². The summed E-state index contributed by atoms with van der Waals surface area (Å²) in [4.78, 5) is 76.3. The Morgan fingerprint density at radius 1 is 0.396 bits per heavy atom. The molecule has 0 spiro atoms. The lowest BCUT2D eigenvalue weighted by molar-refractivity contribution is 0.0416. The Balaban J connectivity index is 1.61. The van der Waals surface area contributed by atoms with Crippen LogP contribution in [0.15, 0.2) is 91.0 Å². The highest BCUT2D eigenvalue weighted by Crippen LogP contribution is 2.21. The van der Waals surface area contributed by atoms with E-state index < -0.39 is 35.8 Å². The van der Waals surface area contributed by atoms with Gasteiger partial charge >= 0.3 is 35.8 Å². The van der Waals surface area contributed by atoms with Gasteiger partial charge in [-0.3, -0.25) is 0 Å². The molecule has 0 aliphatic carbocycles. The van der Waals surface area contributed by atoms with Gasteiger partial charge in [0.2, 0.25) is 0 Å². The molecule has 48 heavy (non-hydrogen) atoms. The molecule has 0 amide bonds. The number of rotatable bonds is 12. The van der Waals surface area contributed by atoms with Crippen molar-refractivity contribution in [1.82, 2.24) is 0 Å². The Kier molecular flexibility index (Phi) is 11.8. The van der Waals surface area contributed by atoms with Crippen molar-refractivity contribution in [2.75, 3.05) is 21.3 Å². The standard InChI is InChI=1S/C36H30O12/c1-43-32(38)26-13-7-4-10-23(26)19-46-31(37)22-16-17-29(35(41)47-20-24-11-5-8-14-27(24)33(39)44-2)30(18-22)36(42)48-21-25-12-6-9-15-28(25)34(40)45-3/h4-18H,19-21H2,1-3H3. The van der Waals surface area contributed by atoms with Crippen LogP contribution in [0.2, 0.25) is 0 Å². The van der Waals surface area contributed by atoms with E-state index in [0.29, 0.717) is 16.7 Å². The normalized spacial score (nSPS) is 10.3. The molecule has 246 valence electrons. The molecule has 0 atom stereocenters. The van der Waals surface area contributed by atoms with Crippen molar-refractivity contribution < 1.29 is 57.2 Å². The molecular formula is C36H30O12. The third-order valence-corrected chi connectivity index (χ3v) is 7.04. The number of ether oxygens (including phenoxy) is 6. The van der Waals surface area contributed by atoms with E-state index in [9.17, 15) is 28.8 Å². The maximum Gasteiger partial charge on any atom is 0.339 e. The summed E-state index contributed by atoms with van der Waals surface area (Å²) in [6, 6.07) is 22.6. The maximum atomic E-state index is 13.4. The predicted molar refractivity (Wildman–Crippen MR) is 167 cm³/mol. The summed E-state index contributed by atoms with van der Waals surface area (Å²) >= 11 is 0. The Morgan fingerprint density at radius 3 is 1.15 bits per heavy atom. The van der Waals surface area contributed by atoms with Crippen LogP contribution in [0.4, 0.5) is 0 Å². The number of carbonyl (C=O) groups is 6. The highest BCUT2D eigenvalue weighted by molar-refractivity contribution is 6.05. The van der Waals surface area contributed by atoms with Crippen molar-refractivity contribution in [3.8, 4) is 0 Å². The predicted octanol–water partition coefficient (Wildman–Crippen LogP) is 5.12. The first kappa shape index (κ1) is 34.6. The molecule has 0 aliphatic rings. The third kappa shape index (κ3) is 8.29. The van der Waals surface area contributed by atoms with E-state index in [2.05, 4.69) is 0 Å². The molecule has 4 rings (SSSR count). The smallest absolute Gasteiger partial charge is 0.339 e. The Hall–Kier alpha value is -6.30. The van der Waals surface area contributed by atoms with Crippen LogP contribution in [-0.2, 0) is 48.2 Å². The number of esters is 6. The van der Waals surface area contributed by atoms with Gasteiger partial charge in [-0.25, -0.2) is 28.8 Å². The summed E-state index contributed by atoms with van der Waals surface area (Å²) in [5.74, 6) is -4.72. The van der Waals surface area contributed by atoms with Gasteiger partial charge in [0.05, 0.1) is 54.7 Å². The zero-order valence-corrected chi connectivity index (χ0v) is 26.2. The number of hydrogen-bond donors (Lipinski definition) is 0. The van der Waals surface area contributed by atoms with Gasteiger partial charge in [-0.05, 0) is 36.4 Å². The van der Waals surface area contributed by atoms with Crippen LogP contribution in [-0.4, -0.2) is 57.1 Å². The molecule has 0 unspecified atom stereocenters. The number of carbonyl (C=O) groups excluding carboxylic acids is 6. The summed E-state index contributed by atoms with van der Waals surface area (Å²) in [5.41, 5.74) is 0.940. The van der Waals surface area contributed by atoms with E-state index in [4.69, 9.17) is 28.4 Å². The molecule has 0 heterocycles. The van der Waals surface area contributed by atoms with Gasteiger partial charge in [0, 0.05) is 16.7 Å². The fourth-order valence-electron chi connectivity index (χ4n) is 4.55. The van der Waals surface area contributed by atoms with Gasteiger partial charge in [0.1, 0.15) is 19.8 Å². The summed E-state index contributed by atoms with van der Waals surface area (Å²) < 4.78 is 30.7. The van der Waals surface area contributed by atoms with E-state index in [0.717, 1.165) is 6.07 Å². The molecule has 4 aromatic carbocycles. The highest BCUT2D eigenvalue weighted by atomic mass is 16.5. The lowest BCUT2D eigenvalue weighted by atomic mass is 10.0. The van der Waals surface area contributed by atoms with Gasteiger partial charge in [0.25, 0.3) is 0 Å². The monoisotopic (exact) mass is 654 g/mol. The molecule has 12 nitrogen and oxygen atoms in total. The van der Waals surface area contributed by atoms with Crippen LogP contribution in [0.1, 0.15) is 78.8 Å². The lowest BCUT2D eigenvalue weighted by Gasteiger charge is -2.14. The average molecular weight is 655 g/mol. The van der Waals surface area contributed by atoms with Gasteiger partial charge in [-0.2, -0.15) is 0 Å². The minimum Gasteiger partial charge on any atom is -0.465 e. The van der Waals surface area contributed by atoms with Crippen molar-refractivity contribution >= 4 is 35.8 Å². The lowest BCUT2D eigenvalue weighted by Crippen LogP contribution is -2.17. The quantitative estimate of drug-likeness (QED) is 0.147. The summed E-state index contributed by atoms with van der Waals surface area (Å²) in [7, 11) is 3.66. The minimum atomic E-state index is -1.01. The van der Waals surface area contributed by atoms with Crippen LogP contribution in [0.25, 0.3) is 0 Å². The second-order valence-corrected chi connectivity index (χ2v) is 9.93. The Labute approximate surface area is 275 Å². The summed E-state index contributed by atoms with van der Waals surface area (Å²) in [6.45, 7) is -1.00. The second-order valence-electron chi connectivity index (χ2n) is 9.93. The van der Waals surface area contributed by atoms with Gasteiger partial charge in [-0.15, -0.1) is 0 Å². The minimum absolute atomic E-state index is 0.111.